The number of benzene rings is 1. The van der Waals surface area contributed by atoms with Crippen molar-refractivity contribution in [2.45, 2.75) is 37.1 Å². The van der Waals surface area contributed by atoms with Gasteiger partial charge in [-0.2, -0.15) is 13.2 Å². The molecule has 0 saturated carbocycles. The summed E-state index contributed by atoms with van der Waals surface area (Å²) in [6, 6.07) is 3.96. The standard InChI is InChI=1S/C17H20ClFN6O5S.C2HF3O2/c1-8-3-6-13(24-31(28,29)10-4-5-12(19)11(18)7-10)16(27)25(8)14(15(20)26)9(2)30-23-17(21)22;3-2(4,5)1(6)7/h3-7,9,14,24H,1-2H3,(H2,20,26)(H4,21,22,23);(H,6,7). The largest absolute Gasteiger partial charge is 0.490 e. The lowest BCUT2D eigenvalue weighted by Gasteiger charge is -2.24. The van der Waals surface area contributed by atoms with Crippen LogP contribution in [0.4, 0.5) is 23.2 Å². The Morgan fingerprint density at radius 1 is 1.18 bits per heavy atom. The molecule has 0 radical (unpaired) electrons. The molecule has 8 N–H and O–H groups in total. The molecule has 0 aliphatic rings. The summed E-state index contributed by atoms with van der Waals surface area (Å²) in [6.45, 7) is 2.90. The first-order chi connectivity index (χ1) is 17.3. The van der Waals surface area contributed by atoms with Crippen molar-refractivity contribution in [1.82, 2.24) is 4.57 Å². The number of alkyl halides is 3. The Balaban J connectivity index is 0.000000905. The van der Waals surface area contributed by atoms with Crippen LogP contribution in [0.1, 0.15) is 18.7 Å². The van der Waals surface area contributed by atoms with E-state index in [0.717, 1.165) is 22.8 Å². The Labute approximate surface area is 216 Å². The number of aryl methyl sites for hydroxylation is 1. The van der Waals surface area contributed by atoms with Crippen molar-refractivity contribution in [3.8, 4) is 0 Å². The third-order valence-electron chi connectivity index (χ3n) is 4.35. The summed E-state index contributed by atoms with van der Waals surface area (Å²) in [6.07, 6.45) is -6.17. The number of pyridine rings is 1. The average Bonchev–Trinajstić information content (AvgIpc) is 2.78. The number of aromatic nitrogens is 1. The predicted octanol–water partition coefficient (Wildman–Crippen LogP) is 1.00. The monoisotopic (exact) mass is 588 g/mol. The van der Waals surface area contributed by atoms with Crippen LogP contribution >= 0.6 is 11.6 Å². The van der Waals surface area contributed by atoms with Crippen LogP contribution in [0.5, 0.6) is 0 Å². The fraction of sp³-hybridized carbons (Fsp3) is 0.263. The number of carboxylic acids is 1. The van der Waals surface area contributed by atoms with Crippen LogP contribution in [-0.2, 0) is 24.4 Å². The van der Waals surface area contributed by atoms with Gasteiger partial charge in [-0.3, -0.25) is 18.9 Å². The molecule has 0 bridgehead atoms. The fourth-order valence-electron chi connectivity index (χ4n) is 2.69. The van der Waals surface area contributed by atoms with Gasteiger partial charge in [-0.25, -0.2) is 17.6 Å². The fourth-order valence-corrected chi connectivity index (χ4v) is 4.01. The third kappa shape index (κ3) is 8.51. The van der Waals surface area contributed by atoms with Crippen LogP contribution in [0, 0.1) is 12.7 Å². The molecule has 2 atom stereocenters. The molecule has 210 valence electrons. The molecule has 0 saturated heterocycles. The molecule has 1 heterocycles. The molecule has 38 heavy (non-hydrogen) atoms. The van der Waals surface area contributed by atoms with Gasteiger partial charge >= 0.3 is 12.1 Å². The van der Waals surface area contributed by atoms with Crippen molar-refractivity contribution < 1.29 is 45.5 Å². The second-order valence-electron chi connectivity index (χ2n) is 7.22. The average molecular weight is 589 g/mol. The van der Waals surface area contributed by atoms with E-state index in [2.05, 4.69) is 9.88 Å². The molecule has 0 aliphatic carbocycles. The van der Waals surface area contributed by atoms with E-state index in [4.69, 9.17) is 43.5 Å². The number of halogens is 5. The number of sulfonamides is 1. The number of amides is 1. The molecule has 2 unspecified atom stereocenters. The van der Waals surface area contributed by atoms with E-state index in [1.54, 1.807) is 0 Å². The van der Waals surface area contributed by atoms with E-state index in [0.29, 0.717) is 0 Å². The number of anilines is 1. The molecule has 1 aromatic carbocycles. The zero-order valence-electron chi connectivity index (χ0n) is 19.4. The minimum absolute atomic E-state index is 0.279. The number of oxime groups is 1. The van der Waals surface area contributed by atoms with E-state index >= 15 is 0 Å². The van der Waals surface area contributed by atoms with E-state index in [-0.39, 0.29) is 10.6 Å². The Hall–Kier alpha value is -4.06. The third-order valence-corrected chi connectivity index (χ3v) is 6.00. The van der Waals surface area contributed by atoms with E-state index < -0.39 is 68.3 Å². The number of primary amides is 1. The second-order valence-corrected chi connectivity index (χ2v) is 9.31. The summed E-state index contributed by atoms with van der Waals surface area (Å²) >= 11 is 5.64. The van der Waals surface area contributed by atoms with Gasteiger partial charge in [0.15, 0.2) is 12.1 Å². The molecular formula is C19H21ClF4N6O7S. The highest BCUT2D eigenvalue weighted by Crippen LogP contribution is 2.22. The predicted molar refractivity (Wildman–Crippen MR) is 126 cm³/mol. The van der Waals surface area contributed by atoms with Crippen molar-refractivity contribution >= 4 is 45.1 Å². The first-order valence-corrected chi connectivity index (χ1v) is 11.7. The van der Waals surface area contributed by atoms with Gasteiger partial charge in [0.2, 0.25) is 11.9 Å². The summed E-state index contributed by atoms with van der Waals surface area (Å²) in [4.78, 5) is 38.6. The summed E-state index contributed by atoms with van der Waals surface area (Å²) in [7, 11) is -4.31. The zero-order valence-corrected chi connectivity index (χ0v) is 20.9. The van der Waals surface area contributed by atoms with E-state index in [1.165, 1.54) is 26.0 Å². The van der Waals surface area contributed by atoms with Crippen LogP contribution in [-0.4, -0.2) is 48.2 Å². The summed E-state index contributed by atoms with van der Waals surface area (Å²) < 4.78 is 73.4. The number of nitrogens with two attached hydrogens (primary N) is 3. The number of carbonyl (C=O) groups is 2. The minimum Gasteiger partial charge on any atom is -0.475 e. The first kappa shape index (κ1) is 32.0. The highest BCUT2D eigenvalue weighted by Gasteiger charge is 2.38. The molecule has 1 aromatic heterocycles. The highest BCUT2D eigenvalue weighted by atomic mass is 35.5. The smallest absolute Gasteiger partial charge is 0.475 e. The highest BCUT2D eigenvalue weighted by molar-refractivity contribution is 7.92. The van der Waals surface area contributed by atoms with E-state index in [9.17, 15) is 35.6 Å². The van der Waals surface area contributed by atoms with Gasteiger partial charge in [0.05, 0.1) is 9.92 Å². The number of rotatable bonds is 8. The molecule has 2 aromatic rings. The Morgan fingerprint density at radius 2 is 1.74 bits per heavy atom. The van der Waals surface area contributed by atoms with Crippen molar-refractivity contribution in [2.75, 3.05) is 4.72 Å². The minimum atomic E-state index is -5.08. The van der Waals surface area contributed by atoms with Gasteiger partial charge in [0, 0.05) is 5.69 Å². The van der Waals surface area contributed by atoms with Crippen LogP contribution in [0.3, 0.4) is 0 Å². The van der Waals surface area contributed by atoms with Crippen LogP contribution in [0.15, 0.2) is 45.2 Å². The lowest BCUT2D eigenvalue weighted by Crippen LogP contribution is -2.42. The molecular weight excluding hydrogens is 568 g/mol. The van der Waals surface area contributed by atoms with Gasteiger partial charge in [0.25, 0.3) is 15.6 Å². The quantitative estimate of drug-likeness (QED) is 0.128. The first-order valence-electron chi connectivity index (χ1n) is 9.83. The number of hydrogen-bond donors (Lipinski definition) is 5. The van der Waals surface area contributed by atoms with Crippen molar-refractivity contribution in [2.24, 2.45) is 22.4 Å². The molecule has 0 spiro atoms. The summed E-state index contributed by atoms with van der Waals surface area (Å²) in [5.41, 5.74) is 14.8. The molecule has 0 aliphatic heterocycles. The maximum absolute atomic E-state index is 13.3. The lowest BCUT2D eigenvalue weighted by atomic mass is 10.1. The second kappa shape index (κ2) is 12.5. The summed E-state index contributed by atoms with van der Waals surface area (Å²) in [5, 5.41) is 10.1. The molecule has 13 nitrogen and oxygen atoms in total. The topological polar surface area (TPSA) is 222 Å². The number of aliphatic carboxylic acids is 1. The van der Waals surface area contributed by atoms with Gasteiger partial charge in [-0.1, -0.05) is 11.6 Å². The Bertz CT molecular complexity index is 1390. The van der Waals surface area contributed by atoms with Crippen LogP contribution in [0.2, 0.25) is 5.02 Å². The SMILES string of the molecule is Cc1ccc(NS(=O)(=O)c2ccc(F)c(Cl)c2)c(=O)n1C(C(N)=O)C(C)ON=C(N)N.O=C(O)C(F)(F)F. The van der Waals surface area contributed by atoms with E-state index in [1.807, 2.05) is 0 Å². The Morgan fingerprint density at radius 3 is 2.18 bits per heavy atom. The van der Waals surface area contributed by atoms with Gasteiger partial charge in [-0.05, 0) is 49.3 Å². The van der Waals surface area contributed by atoms with Crippen molar-refractivity contribution in [3.05, 3.63) is 57.2 Å². The van der Waals surface area contributed by atoms with Gasteiger partial charge in [-0.15, -0.1) is 0 Å². The van der Waals surface area contributed by atoms with Crippen molar-refractivity contribution in [3.63, 3.8) is 0 Å². The number of carbonyl (C=O) groups excluding carboxylic acids is 1. The van der Waals surface area contributed by atoms with Crippen LogP contribution in [0.25, 0.3) is 0 Å². The van der Waals surface area contributed by atoms with Gasteiger partial charge in [0.1, 0.15) is 11.5 Å². The number of hydrogen-bond acceptors (Lipinski definition) is 7. The molecule has 19 heteroatoms. The normalized spacial score (nSPS) is 12.8. The van der Waals surface area contributed by atoms with Crippen molar-refractivity contribution in [1.29, 1.82) is 0 Å². The summed E-state index contributed by atoms with van der Waals surface area (Å²) in [5.74, 6) is -4.93. The van der Waals surface area contributed by atoms with Gasteiger partial charge < -0.3 is 27.1 Å². The molecule has 0 fully saturated rings. The molecule has 2 rings (SSSR count). The maximum Gasteiger partial charge on any atom is 0.490 e. The lowest BCUT2D eigenvalue weighted by molar-refractivity contribution is -0.192. The number of guanidine groups is 1. The van der Waals surface area contributed by atoms with Crippen LogP contribution < -0.4 is 27.5 Å². The number of nitrogens with one attached hydrogen (secondary N) is 1. The number of carboxylic acid groups (broad SMARTS) is 1. The zero-order chi connectivity index (χ0) is 29.6. The maximum atomic E-state index is 13.3. The molecule has 1 amide bonds. The number of nitrogens with zero attached hydrogens (tertiary/aromatic N) is 2. The Kier molecular flexibility index (Phi) is 10.5.